The van der Waals surface area contributed by atoms with Crippen LogP contribution in [0.4, 0.5) is 0 Å². The molecule has 6 nitrogen and oxygen atoms in total. The quantitative estimate of drug-likeness (QED) is 0.626. The van der Waals surface area contributed by atoms with E-state index in [0.29, 0.717) is 12.1 Å². The van der Waals surface area contributed by atoms with E-state index in [4.69, 9.17) is 0 Å². The lowest BCUT2D eigenvalue weighted by atomic mass is 10.0. The first-order valence-electron chi connectivity index (χ1n) is 9.44. The molecule has 1 aromatic carbocycles. The number of carbonyl (C=O) groups excluding carboxylic acids is 2. The van der Waals surface area contributed by atoms with Crippen molar-refractivity contribution in [1.29, 1.82) is 0 Å². The molecule has 29 heavy (non-hydrogen) atoms. The zero-order valence-corrected chi connectivity index (χ0v) is 17.5. The molecule has 2 heterocycles. The Hall–Kier alpha value is -3.06. The Kier molecular flexibility index (Phi) is 6.72. The van der Waals surface area contributed by atoms with Gasteiger partial charge in [-0.3, -0.25) is 14.6 Å². The molecule has 2 N–H and O–H groups in total. The summed E-state index contributed by atoms with van der Waals surface area (Å²) >= 11 is 1.49. The van der Waals surface area contributed by atoms with Crippen molar-refractivity contribution in [2.45, 2.75) is 33.4 Å². The minimum atomic E-state index is -0.623. The Morgan fingerprint density at radius 3 is 2.52 bits per heavy atom. The van der Waals surface area contributed by atoms with Gasteiger partial charge in [-0.2, -0.15) is 0 Å². The molecule has 7 heteroatoms. The van der Waals surface area contributed by atoms with E-state index in [1.807, 2.05) is 56.5 Å². The van der Waals surface area contributed by atoms with Crippen molar-refractivity contribution in [1.82, 2.24) is 20.6 Å². The van der Waals surface area contributed by atoms with Gasteiger partial charge >= 0.3 is 0 Å². The Morgan fingerprint density at radius 1 is 1.10 bits per heavy atom. The smallest absolute Gasteiger partial charge is 0.252 e. The van der Waals surface area contributed by atoms with Gasteiger partial charge in [0.2, 0.25) is 5.91 Å². The Morgan fingerprint density at radius 2 is 1.83 bits per heavy atom. The summed E-state index contributed by atoms with van der Waals surface area (Å²) in [6, 6.07) is 10.5. The first-order chi connectivity index (χ1) is 14.0. The Labute approximate surface area is 174 Å². The average molecular weight is 409 g/mol. The fraction of sp³-hybridized carbons (Fsp3) is 0.273. The van der Waals surface area contributed by atoms with Crippen molar-refractivity contribution in [2.75, 3.05) is 0 Å². The summed E-state index contributed by atoms with van der Waals surface area (Å²) in [6.45, 7) is 6.01. The maximum absolute atomic E-state index is 12.7. The number of benzene rings is 1. The summed E-state index contributed by atoms with van der Waals surface area (Å²) < 4.78 is 0. The normalized spacial score (nSPS) is 11.9. The molecule has 0 aliphatic carbocycles. The fourth-order valence-electron chi connectivity index (χ4n) is 2.90. The first kappa shape index (κ1) is 20.7. The van der Waals surface area contributed by atoms with E-state index in [1.54, 1.807) is 18.5 Å². The van der Waals surface area contributed by atoms with Crippen LogP contribution in [0.1, 0.15) is 34.8 Å². The number of hydrogen-bond donors (Lipinski definition) is 2. The molecule has 0 saturated carbocycles. The van der Waals surface area contributed by atoms with Crippen molar-refractivity contribution in [2.24, 2.45) is 5.92 Å². The fourth-order valence-corrected chi connectivity index (χ4v) is 3.64. The standard InChI is InChI=1S/C22H24N4O2S/c1-14(2)20(26-21(27)17-7-5-4-6-15(17)3)22(28)24-12-19-25-18(13-29-19)16-8-10-23-11-9-16/h4-11,13-14,20H,12H2,1-3H3,(H,24,28)(H,26,27). The van der Waals surface area contributed by atoms with E-state index in [9.17, 15) is 9.59 Å². The number of aromatic nitrogens is 2. The number of nitrogens with zero attached hydrogens (tertiary/aromatic N) is 2. The van der Waals surface area contributed by atoms with Gasteiger partial charge in [0, 0.05) is 28.9 Å². The molecule has 0 saturated heterocycles. The summed E-state index contributed by atoms with van der Waals surface area (Å²) in [4.78, 5) is 33.9. The van der Waals surface area contributed by atoms with Gasteiger partial charge in [0.1, 0.15) is 11.0 Å². The van der Waals surface area contributed by atoms with Crippen LogP contribution >= 0.6 is 11.3 Å². The lowest BCUT2D eigenvalue weighted by Crippen LogP contribution is -2.49. The summed E-state index contributed by atoms with van der Waals surface area (Å²) in [5.41, 5.74) is 3.29. The highest BCUT2D eigenvalue weighted by molar-refractivity contribution is 7.09. The van der Waals surface area contributed by atoms with Gasteiger partial charge in [0.25, 0.3) is 5.91 Å². The number of aryl methyl sites for hydroxylation is 1. The highest BCUT2D eigenvalue weighted by atomic mass is 32.1. The van der Waals surface area contributed by atoms with Crippen molar-refractivity contribution >= 4 is 23.2 Å². The minimum Gasteiger partial charge on any atom is -0.348 e. The van der Waals surface area contributed by atoms with E-state index in [0.717, 1.165) is 21.8 Å². The molecule has 150 valence electrons. The number of carbonyl (C=O) groups is 2. The van der Waals surface area contributed by atoms with Crippen LogP contribution in [0.2, 0.25) is 0 Å². The van der Waals surface area contributed by atoms with Crippen LogP contribution in [-0.4, -0.2) is 27.8 Å². The third-order valence-electron chi connectivity index (χ3n) is 4.57. The van der Waals surface area contributed by atoms with Gasteiger partial charge in [0.05, 0.1) is 12.2 Å². The second-order valence-corrected chi connectivity index (χ2v) is 8.03. The van der Waals surface area contributed by atoms with Gasteiger partial charge in [0.15, 0.2) is 0 Å². The van der Waals surface area contributed by atoms with Crippen LogP contribution in [0, 0.1) is 12.8 Å². The highest BCUT2D eigenvalue weighted by Crippen LogP contribution is 2.21. The molecular formula is C22H24N4O2S. The Bertz CT molecular complexity index is 985. The summed E-state index contributed by atoms with van der Waals surface area (Å²) in [6.07, 6.45) is 3.45. The molecule has 1 atom stereocenters. The monoisotopic (exact) mass is 408 g/mol. The van der Waals surface area contributed by atoms with Gasteiger partial charge in [-0.25, -0.2) is 4.98 Å². The summed E-state index contributed by atoms with van der Waals surface area (Å²) in [5.74, 6) is -0.514. The zero-order valence-electron chi connectivity index (χ0n) is 16.7. The maximum Gasteiger partial charge on any atom is 0.252 e. The van der Waals surface area contributed by atoms with Gasteiger partial charge in [-0.05, 0) is 36.6 Å². The number of thiazole rings is 1. The van der Waals surface area contributed by atoms with Gasteiger partial charge < -0.3 is 10.6 Å². The second-order valence-electron chi connectivity index (χ2n) is 7.09. The van der Waals surface area contributed by atoms with Crippen LogP contribution in [-0.2, 0) is 11.3 Å². The van der Waals surface area contributed by atoms with Crippen molar-refractivity contribution in [3.05, 3.63) is 70.3 Å². The highest BCUT2D eigenvalue weighted by Gasteiger charge is 2.25. The molecular weight excluding hydrogens is 384 g/mol. The molecule has 0 spiro atoms. The Balaban J connectivity index is 1.62. The molecule has 1 unspecified atom stereocenters. The molecule has 3 aromatic rings. The van der Waals surface area contributed by atoms with E-state index in [1.165, 1.54) is 11.3 Å². The van der Waals surface area contributed by atoms with Crippen LogP contribution in [0.5, 0.6) is 0 Å². The van der Waals surface area contributed by atoms with Crippen LogP contribution in [0.3, 0.4) is 0 Å². The lowest BCUT2D eigenvalue weighted by Gasteiger charge is -2.22. The van der Waals surface area contributed by atoms with E-state index in [-0.39, 0.29) is 17.7 Å². The van der Waals surface area contributed by atoms with Crippen molar-refractivity contribution < 1.29 is 9.59 Å². The third-order valence-corrected chi connectivity index (χ3v) is 5.42. The second kappa shape index (κ2) is 9.43. The third kappa shape index (κ3) is 5.26. The van der Waals surface area contributed by atoms with E-state index < -0.39 is 6.04 Å². The van der Waals surface area contributed by atoms with Crippen LogP contribution in [0.15, 0.2) is 54.2 Å². The van der Waals surface area contributed by atoms with Crippen LogP contribution in [0.25, 0.3) is 11.3 Å². The van der Waals surface area contributed by atoms with Crippen molar-refractivity contribution in [3.63, 3.8) is 0 Å². The average Bonchev–Trinajstić information content (AvgIpc) is 3.20. The predicted molar refractivity (Wildman–Crippen MR) is 114 cm³/mol. The molecule has 0 fully saturated rings. The van der Waals surface area contributed by atoms with Crippen LogP contribution < -0.4 is 10.6 Å². The SMILES string of the molecule is Cc1ccccc1C(=O)NC(C(=O)NCc1nc(-c2ccncc2)cs1)C(C)C. The van der Waals surface area contributed by atoms with E-state index in [2.05, 4.69) is 20.6 Å². The molecule has 0 aliphatic rings. The largest absolute Gasteiger partial charge is 0.348 e. The van der Waals surface area contributed by atoms with Crippen molar-refractivity contribution in [3.8, 4) is 11.3 Å². The zero-order chi connectivity index (χ0) is 20.8. The minimum absolute atomic E-state index is 0.0494. The van der Waals surface area contributed by atoms with Gasteiger partial charge in [-0.1, -0.05) is 32.0 Å². The summed E-state index contributed by atoms with van der Waals surface area (Å²) in [7, 11) is 0. The maximum atomic E-state index is 12.7. The first-order valence-corrected chi connectivity index (χ1v) is 10.3. The number of rotatable bonds is 7. The molecule has 2 aromatic heterocycles. The number of amides is 2. The number of nitrogens with one attached hydrogen (secondary N) is 2. The lowest BCUT2D eigenvalue weighted by molar-refractivity contribution is -0.124. The van der Waals surface area contributed by atoms with Gasteiger partial charge in [-0.15, -0.1) is 11.3 Å². The number of pyridine rings is 1. The number of hydrogen-bond acceptors (Lipinski definition) is 5. The molecule has 0 bridgehead atoms. The predicted octanol–water partition coefficient (Wildman–Crippen LogP) is 3.58. The van der Waals surface area contributed by atoms with E-state index >= 15 is 0 Å². The molecule has 2 amide bonds. The molecule has 3 rings (SSSR count). The summed E-state index contributed by atoms with van der Waals surface area (Å²) in [5, 5.41) is 8.52. The topological polar surface area (TPSA) is 84.0 Å². The molecule has 0 radical (unpaired) electrons. The molecule has 0 aliphatic heterocycles.